The Labute approximate surface area is 160 Å². The molecule has 0 aromatic heterocycles. The monoisotopic (exact) mass is 354 g/mol. The molecule has 0 rings (SSSR count). The van der Waals surface area contributed by atoms with Crippen LogP contribution >= 0.6 is 0 Å². The third kappa shape index (κ3) is 18.5. The van der Waals surface area contributed by atoms with Crippen molar-refractivity contribution in [1.82, 2.24) is 4.90 Å². The fourth-order valence-electron chi connectivity index (χ4n) is 3.78. The van der Waals surface area contributed by atoms with Gasteiger partial charge in [-0.2, -0.15) is 0 Å². The van der Waals surface area contributed by atoms with Gasteiger partial charge in [0.25, 0.3) is 0 Å². The molecule has 0 aliphatic rings. The lowest BCUT2D eigenvalue weighted by atomic mass is 10.0. The van der Waals surface area contributed by atoms with Crippen LogP contribution in [0.15, 0.2) is 0 Å². The molecule has 0 fully saturated rings. The third-order valence-corrected chi connectivity index (χ3v) is 5.62. The molecule has 25 heavy (non-hydrogen) atoms. The SMILES string of the molecule is CCCCCCCCCCCCCCCCCCC(CCN)N(C)C. The van der Waals surface area contributed by atoms with Crippen molar-refractivity contribution in [2.24, 2.45) is 5.73 Å². The van der Waals surface area contributed by atoms with Gasteiger partial charge in [-0.05, 0) is 33.5 Å². The normalized spacial score (nSPS) is 12.8. The Morgan fingerprint density at radius 2 is 0.920 bits per heavy atom. The van der Waals surface area contributed by atoms with Crippen LogP contribution in [0.2, 0.25) is 0 Å². The van der Waals surface area contributed by atoms with E-state index in [0.29, 0.717) is 6.04 Å². The topological polar surface area (TPSA) is 29.3 Å². The Balaban J connectivity index is 3.16. The molecule has 0 amide bonds. The summed E-state index contributed by atoms with van der Waals surface area (Å²) < 4.78 is 0. The highest BCUT2D eigenvalue weighted by atomic mass is 15.1. The molecule has 2 heteroatoms. The number of rotatable bonds is 20. The molecule has 0 radical (unpaired) electrons. The van der Waals surface area contributed by atoms with E-state index in [0.717, 1.165) is 13.0 Å². The van der Waals surface area contributed by atoms with Gasteiger partial charge in [-0.1, -0.05) is 110 Å². The van der Waals surface area contributed by atoms with Gasteiger partial charge in [0.2, 0.25) is 0 Å². The highest BCUT2D eigenvalue weighted by molar-refractivity contribution is 4.66. The largest absolute Gasteiger partial charge is 0.330 e. The van der Waals surface area contributed by atoms with E-state index in [2.05, 4.69) is 25.9 Å². The third-order valence-electron chi connectivity index (χ3n) is 5.62. The zero-order valence-corrected chi connectivity index (χ0v) is 18.0. The Morgan fingerprint density at radius 1 is 0.560 bits per heavy atom. The Bertz CT molecular complexity index is 240. The Kier molecular flexibility index (Phi) is 20.2. The highest BCUT2D eigenvalue weighted by Gasteiger charge is 2.09. The second kappa shape index (κ2) is 20.2. The molecule has 0 spiro atoms. The number of hydrogen-bond donors (Lipinski definition) is 1. The first-order valence-corrected chi connectivity index (χ1v) is 11.6. The predicted molar refractivity (Wildman–Crippen MR) is 115 cm³/mol. The van der Waals surface area contributed by atoms with Gasteiger partial charge < -0.3 is 10.6 Å². The fraction of sp³-hybridized carbons (Fsp3) is 1.00. The molecular weight excluding hydrogens is 304 g/mol. The molecule has 0 aliphatic heterocycles. The van der Waals surface area contributed by atoms with Crippen molar-refractivity contribution in [2.45, 2.75) is 129 Å². The van der Waals surface area contributed by atoms with Crippen LogP contribution in [0.25, 0.3) is 0 Å². The number of nitrogens with two attached hydrogens (primary N) is 1. The molecule has 2 N–H and O–H groups in total. The lowest BCUT2D eigenvalue weighted by Crippen LogP contribution is -2.30. The molecule has 0 aromatic carbocycles. The molecule has 0 bridgehead atoms. The van der Waals surface area contributed by atoms with Gasteiger partial charge in [0.1, 0.15) is 0 Å². The van der Waals surface area contributed by atoms with E-state index in [4.69, 9.17) is 5.73 Å². The molecular formula is C23H50N2. The standard InChI is InChI=1S/C23H50N2/c1-4-5-6-7-8-9-10-11-12-13-14-15-16-17-18-19-20-23(21-22-24)25(2)3/h23H,4-22,24H2,1-3H3. The molecule has 0 aromatic rings. The van der Waals surface area contributed by atoms with Crippen molar-refractivity contribution in [3.8, 4) is 0 Å². The van der Waals surface area contributed by atoms with E-state index >= 15 is 0 Å². The molecule has 152 valence electrons. The predicted octanol–water partition coefficient (Wildman–Crippen LogP) is 6.92. The highest BCUT2D eigenvalue weighted by Crippen LogP contribution is 2.15. The summed E-state index contributed by atoms with van der Waals surface area (Å²) >= 11 is 0. The van der Waals surface area contributed by atoms with Crippen molar-refractivity contribution in [3.63, 3.8) is 0 Å². The summed E-state index contributed by atoms with van der Waals surface area (Å²) in [5, 5.41) is 0. The lowest BCUT2D eigenvalue weighted by molar-refractivity contribution is 0.260. The number of hydrogen-bond acceptors (Lipinski definition) is 2. The van der Waals surface area contributed by atoms with Crippen LogP contribution in [0.1, 0.15) is 122 Å². The maximum absolute atomic E-state index is 5.70. The van der Waals surface area contributed by atoms with Crippen LogP contribution in [0.4, 0.5) is 0 Å². The van der Waals surface area contributed by atoms with E-state index in [-0.39, 0.29) is 0 Å². The number of unbranched alkanes of at least 4 members (excludes halogenated alkanes) is 15. The first-order chi connectivity index (χ1) is 12.2. The van der Waals surface area contributed by atoms with Gasteiger partial charge in [-0.25, -0.2) is 0 Å². The van der Waals surface area contributed by atoms with E-state index in [1.807, 2.05) is 0 Å². The lowest BCUT2D eigenvalue weighted by Gasteiger charge is -2.23. The smallest absolute Gasteiger partial charge is 0.0101 e. The van der Waals surface area contributed by atoms with Crippen LogP contribution in [0, 0.1) is 0 Å². The average molecular weight is 355 g/mol. The Hall–Kier alpha value is -0.0800. The molecule has 1 atom stereocenters. The number of nitrogens with zero attached hydrogens (tertiary/aromatic N) is 1. The summed E-state index contributed by atoms with van der Waals surface area (Å²) in [4.78, 5) is 2.35. The Morgan fingerprint density at radius 3 is 1.24 bits per heavy atom. The average Bonchev–Trinajstić information content (AvgIpc) is 2.60. The van der Waals surface area contributed by atoms with E-state index < -0.39 is 0 Å². The van der Waals surface area contributed by atoms with Gasteiger partial charge in [-0.3, -0.25) is 0 Å². The van der Waals surface area contributed by atoms with Gasteiger partial charge in [-0.15, -0.1) is 0 Å². The summed E-state index contributed by atoms with van der Waals surface area (Å²) in [6.45, 7) is 3.12. The van der Waals surface area contributed by atoms with Gasteiger partial charge in [0.05, 0.1) is 0 Å². The minimum Gasteiger partial charge on any atom is -0.330 e. The first-order valence-electron chi connectivity index (χ1n) is 11.6. The second-order valence-corrected chi connectivity index (χ2v) is 8.29. The van der Waals surface area contributed by atoms with Crippen molar-refractivity contribution in [1.29, 1.82) is 0 Å². The summed E-state index contributed by atoms with van der Waals surface area (Å²) in [6, 6.07) is 0.691. The fourth-order valence-corrected chi connectivity index (χ4v) is 3.78. The van der Waals surface area contributed by atoms with E-state index in [1.54, 1.807) is 0 Å². The van der Waals surface area contributed by atoms with E-state index in [9.17, 15) is 0 Å². The summed E-state index contributed by atoms with van der Waals surface area (Å²) in [5.74, 6) is 0. The molecule has 1 unspecified atom stereocenters. The quantitative estimate of drug-likeness (QED) is 0.240. The maximum Gasteiger partial charge on any atom is 0.0101 e. The summed E-state index contributed by atoms with van der Waals surface area (Å²) in [5.41, 5.74) is 5.70. The van der Waals surface area contributed by atoms with Crippen molar-refractivity contribution < 1.29 is 0 Å². The van der Waals surface area contributed by atoms with Crippen molar-refractivity contribution in [3.05, 3.63) is 0 Å². The van der Waals surface area contributed by atoms with Gasteiger partial charge in [0, 0.05) is 6.04 Å². The van der Waals surface area contributed by atoms with Gasteiger partial charge >= 0.3 is 0 Å². The molecule has 0 saturated carbocycles. The second-order valence-electron chi connectivity index (χ2n) is 8.29. The van der Waals surface area contributed by atoms with Crippen LogP contribution in [-0.4, -0.2) is 31.6 Å². The van der Waals surface area contributed by atoms with Crippen LogP contribution in [0.3, 0.4) is 0 Å². The van der Waals surface area contributed by atoms with Crippen LogP contribution < -0.4 is 5.73 Å². The van der Waals surface area contributed by atoms with Gasteiger partial charge in [0.15, 0.2) is 0 Å². The summed E-state index contributed by atoms with van der Waals surface area (Å²) in [6.07, 6.45) is 25.6. The van der Waals surface area contributed by atoms with Crippen LogP contribution in [-0.2, 0) is 0 Å². The molecule has 2 nitrogen and oxygen atoms in total. The summed E-state index contributed by atoms with van der Waals surface area (Å²) in [7, 11) is 4.37. The first kappa shape index (κ1) is 24.9. The maximum atomic E-state index is 5.70. The zero-order valence-electron chi connectivity index (χ0n) is 18.0. The molecule has 0 aliphatic carbocycles. The van der Waals surface area contributed by atoms with Crippen molar-refractivity contribution in [2.75, 3.05) is 20.6 Å². The minimum absolute atomic E-state index is 0.691. The molecule has 0 saturated heterocycles. The van der Waals surface area contributed by atoms with E-state index in [1.165, 1.54) is 109 Å². The zero-order chi connectivity index (χ0) is 18.6. The van der Waals surface area contributed by atoms with Crippen molar-refractivity contribution >= 4 is 0 Å². The van der Waals surface area contributed by atoms with Crippen LogP contribution in [0.5, 0.6) is 0 Å². The minimum atomic E-state index is 0.691. The molecule has 0 heterocycles.